The lowest BCUT2D eigenvalue weighted by Crippen LogP contribution is -2.26. The standard InChI is InChI=1S/C16H26N6O3.6H3O4P/c17-5-3-1-2-4-6-24-8-12-11(23)7-13(25-12)22-10-21-14-15(18)19-9-20-16(14)22;6*1-5(2,3)4/h9-13,23H,1-8,17H2,(H2,18,19,20);6*(H3,1,2,3,4)/t11-,12+,13+;;;;;;/m0....../s1. The third kappa shape index (κ3) is 62.3. The Morgan fingerprint density at radius 3 is 1.42 bits per heavy atom. The second-order valence-corrected chi connectivity index (χ2v) is 15.5. The zero-order valence-corrected chi connectivity index (χ0v) is 32.8. The quantitative estimate of drug-likeness (QED) is 0.0827. The summed E-state index contributed by atoms with van der Waals surface area (Å²) in [5, 5.41) is 10.2. The van der Waals surface area contributed by atoms with Gasteiger partial charge in [-0.05, 0) is 19.4 Å². The van der Waals surface area contributed by atoms with Crippen LogP contribution in [0.3, 0.4) is 0 Å². The molecular weight excluding hydrogens is 894 g/mol. The Morgan fingerprint density at radius 2 is 1.04 bits per heavy atom. The molecule has 0 aliphatic carbocycles. The third-order valence-electron chi connectivity index (χ3n) is 4.43. The van der Waals surface area contributed by atoms with Gasteiger partial charge in [0.15, 0.2) is 11.5 Å². The van der Waals surface area contributed by atoms with Crippen molar-refractivity contribution >= 4 is 63.9 Å². The van der Waals surface area contributed by atoms with Crippen LogP contribution < -0.4 is 11.5 Å². The van der Waals surface area contributed by atoms with Gasteiger partial charge in [-0.25, -0.2) is 42.3 Å². The van der Waals surface area contributed by atoms with Crippen molar-refractivity contribution < 1.29 is 130 Å². The molecule has 0 amide bonds. The van der Waals surface area contributed by atoms with Crippen molar-refractivity contribution in [2.24, 2.45) is 5.73 Å². The Balaban J connectivity index is -0.000000352. The zero-order chi connectivity index (χ0) is 44.6. The van der Waals surface area contributed by atoms with E-state index in [0.29, 0.717) is 36.6 Å². The van der Waals surface area contributed by atoms with Crippen LogP contribution in [0.4, 0.5) is 5.82 Å². The van der Waals surface area contributed by atoms with Gasteiger partial charge < -0.3 is 114 Å². The van der Waals surface area contributed by atoms with Gasteiger partial charge in [-0.3, -0.25) is 4.57 Å². The topological polar surface area (TPSA) is 601 Å². The number of nitrogens with two attached hydrogens (primary N) is 2. The summed E-state index contributed by atoms with van der Waals surface area (Å²) >= 11 is 0. The Hall–Kier alpha value is -1.15. The molecule has 3 rings (SSSR count). The zero-order valence-electron chi connectivity index (χ0n) is 27.4. The number of nitrogens with zero attached hydrogens (tertiary/aromatic N) is 4. The van der Waals surface area contributed by atoms with Crippen LogP contribution in [0.25, 0.3) is 11.2 Å². The minimum Gasteiger partial charge on any atom is -0.390 e. The van der Waals surface area contributed by atoms with E-state index in [1.807, 2.05) is 0 Å². The highest BCUT2D eigenvalue weighted by molar-refractivity contribution is 7.46. The van der Waals surface area contributed by atoms with Gasteiger partial charge in [0.1, 0.15) is 24.2 Å². The maximum atomic E-state index is 10.2. The van der Waals surface area contributed by atoms with E-state index in [1.165, 1.54) is 6.33 Å². The number of hydrogen-bond acceptors (Lipinski definition) is 14. The summed E-state index contributed by atoms with van der Waals surface area (Å²) in [6.45, 7) is 1.78. The number of fused-ring (bicyclic) bond motifs is 1. The average molecular weight is 938 g/mol. The van der Waals surface area contributed by atoms with Crippen LogP contribution in [0.5, 0.6) is 0 Å². The predicted octanol–water partition coefficient (Wildman–Crippen LogP) is -4.98. The first-order valence-corrected chi connectivity index (χ1v) is 22.8. The third-order valence-corrected chi connectivity index (χ3v) is 4.43. The van der Waals surface area contributed by atoms with E-state index >= 15 is 0 Å². The Labute approximate surface area is 308 Å². The molecule has 0 saturated carbocycles. The van der Waals surface area contributed by atoms with Gasteiger partial charge in [0.05, 0.1) is 19.0 Å². The number of hydrogen-bond donors (Lipinski definition) is 21. The lowest BCUT2D eigenvalue weighted by molar-refractivity contribution is -0.0617. The maximum Gasteiger partial charge on any atom is 0.466 e. The van der Waals surface area contributed by atoms with Crippen molar-refractivity contribution in [1.29, 1.82) is 0 Å². The first-order chi connectivity index (χ1) is 24.2. The van der Waals surface area contributed by atoms with Crippen LogP contribution in [0.1, 0.15) is 38.3 Å². The molecule has 23 N–H and O–H groups in total. The maximum absolute atomic E-state index is 10.2. The molecule has 1 saturated heterocycles. The summed E-state index contributed by atoms with van der Waals surface area (Å²) in [4.78, 5) is 142. The molecule has 2 aromatic heterocycles. The number of ether oxygens (including phenoxy) is 2. The van der Waals surface area contributed by atoms with Crippen molar-refractivity contribution in [2.75, 3.05) is 25.5 Å². The average Bonchev–Trinajstić information content (AvgIpc) is 3.46. The van der Waals surface area contributed by atoms with Crippen LogP contribution >= 0.6 is 46.9 Å². The summed E-state index contributed by atoms with van der Waals surface area (Å²) in [7, 11) is -27.8. The number of nitrogen functional groups attached to an aromatic ring is 1. The molecule has 1 aliphatic heterocycles. The number of anilines is 1. The van der Waals surface area contributed by atoms with Crippen molar-refractivity contribution in [1.82, 2.24) is 19.5 Å². The monoisotopic (exact) mass is 938 g/mol. The number of aliphatic hydroxyl groups is 1. The Bertz CT molecular complexity index is 1410. The van der Waals surface area contributed by atoms with Gasteiger partial charge in [-0.15, -0.1) is 0 Å². The molecule has 3 atom stereocenters. The minimum absolute atomic E-state index is 0.330. The van der Waals surface area contributed by atoms with Crippen molar-refractivity contribution in [3.8, 4) is 0 Å². The van der Waals surface area contributed by atoms with E-state index in [4.69, 9.17) is 136 Å². The highest BCUT2D eigenvalue weighted by Gasteiger charge is 2.36. The first kappa shape index (κ1) is 60.5. The second kappa shape index (κ2) is 28.3. The van der Waals surface area contributed by atoms with Crippen LogP contribution in [0.15, 0.2) is 12.7 Å². The number of rotatable bonds is 9. The smallest absolute Gasteiger partial charge is 0.390 e. The van der Waals surface area contributed by atoms with E-state index in [0.717, 1.165) is 32.2 Å². The molecule has 39 heteroatoms. The normalized spacial score (nSPS) is 17.1. The number of unbranched alkanes of at least 4 members (excludes halogenated alkanes) is 3. The molecule has 1 fully saturated rings. The van der Waals surface area contributed by atoms with E-state index < -0.39 is 53.0 Å². The fraction of sp³-hybridized carbons (Fsp3) is 0.688. The van der Waals surface area contributed by atoms with E-state index in [1.54, 1.807) is 10.9 Å². The molecular formula is C16H44N6O27P6. The molecule has 0 radical (unpaired) electrons. The summed E-state index contributed by atoms with van der Waals surface area (Å²) in [6, 6.07) is 0. The largest absolute Gasteiger partial charge is 0.466 e. The SMILES string of the molecule is NCCCCCCOC[C@H]1O[C@@H](n2cnc3c(N)ncnc32)C[C@@H]1O.O=P(O)(O)O.O=P(O)(O)O.O=P(O)(O)O.O=P(O)(O)O.O=P(O)(O)O.O=P(O)(O)O. The molecule has 0 bridgehead atoms. The van der Waals surface area contributed by atoms with Gasteiger partial charge in [0.25, 0.3) is 0 Å². The van der Waals surface area contributed by atoms with E-state index in [2.05, 4.69) is 15.0 Å². The molecule has 0 unspecified atom stereocenters. The van der Waals surface area contributed by atoms with Crippen molar-refractivity contribution in [3.05, 3.63) is 12.7 Å². The van der Waals surface area contributed by atoms with Crippen LogP contribution in [-0.2, 0) is 36.9 Å². The van der Waals surface area contributed by atoms with E-state index in [-0.39, 0.29) is 12.3 Å². The van der Waals surface area contributed by atoms with E-state index in [9.17, 15) is 5.11 Å². The highest BCUT2D eigenvalue weighted by Crippen LogP contribution is 2.32. The summed E-state index contributed by atoms with van der Waals surface area (Å²) in [5.41, 5.74) is 12.4. The van der Waals surface area contributed by atoms with Gasteiger partial charge in [-0.2, -0.15) is 0 Å². The summed E-state index contributed by atoms with van der Waals surface area (Å²) in [6.07, 6.45) is 6.48. The molecule has 0 spiro atoms. The van der Waals surface area contributed by atoms with Crippen LogP contribution in [-0.4, -0.2) is 145 Å². The van der Waals surface area contributed by atoms with Crippen molar-refractivity contribution in [3.63, 3.8) is 0 Å². The van der Waals surface area contributed by atoms with Gasteiger partial charge >= 0.3 is 46.9 Å². The fourth-order valence-electron chi connectivity index (χ4n) is 3.02. The highest BCUT2D eigenvalue weighted by atomic mass is 31.2. The summed E-state index contributed by atoms with van der Waals surface area (Å²) in [5.74, 6) is 0.330. The number of phosphoric acid groups is 6. The molecule has 33 nitrogen and oxygen atoms in total. The molecule has 330 valence electrons. The van der Waals surface area contributed by atoms with Gasteiger partial charge in [-0.1, -0.05) is 12.8 Å². The number of aromatic nitrogens is 4. The molecule has 55 heavy (non-hydrogen) atoms. The van der Waals surface area contributed by atoms with Crippen LogP contribution in [0, 0.1) is 0 Å². The summed E-state index contributed by atoms with van der Waals surface area (Å²) < 4.78 is 66.7. The number of imidazole rings is 1. The Morgan fingerprint density at radius 1 is 0.655 bits per heavy atom. The Kier molecular flexibility index (Phi) is 31.1. The van der Waals surface area contributed by atoms with Gasteiger partial charge in [0, 0.05) is 13.0 Å². The number of aliphatic hydroxyl groups excluding tert-OH is 1. The molecule has 2 aromatic rings. The van der Waals surface area contributed by atoms with Gasteiger partial charge in [0.2, 0.25) is 0 Å². The van der Waals surface area contributed by atoms with Crippen LogP contribution in [0.2, 0.25) is 0 Å². The predicted molar refractivity (Wildman–Crippen MR) is 178 cm³/mol. The second-order valence-electron chi connectivity index (χ2n) is 9.37. The fourth-order valence-corrected chi connectivity index (χ4v) is 3.02. The molecule has 0 aromatic carbocycles. The van der Waals surface area contributed by atoms with Crippen molar-refractivity contribution in [2.45, 2.75) is 50.5 Å². The molecule has 1 aliphatic rings. The molecule has 3 heterocycles. The minimum atomic E-state index is -4.64. The lowest BCUT2D eigenvalue weighted by atomic mass is 10.2. The lowest BCUT2D eigenvalue weighted by Gasteiger charge is -2.16. The first-order valence-electron chi connectivity index (χ1n) is 13.4.